The van der Waals surface area contributed by atoms with Crippen molar-refractivity contribution in [2.24, 2.45) is 0 Å². The number of unbranched alkanes of at least 4 members (excludes halogenated alkanes) is 3. The van der Waals surface area contributed by atoms with Crippen LogP contribution in [0.1, 0.15) is 32.6 Å². The van der Waals surface area contributed by atoms with Crippen LogP contribution in [0.3, 0.4) is 0 Å². The first-order valence-electron chi connectivity index (χ1n) is 11.7. The van der Waals surface area contributed by atoms with Crippen molar-refractivity contribution in [2.75, 3.05) is 79.0 Å². The Morgan fingerprint density at radius 3 is 1.49 bits per heavy atom. The minimum Gasteiger partial charge on any atom is -0.549 e. The summed E-state index contributed by atoms with van der Waals surface area (Å²) in [5.74, 6) is -4.74. The van der Waals surface area contributed by atoms with E-state index in [1.165, 1.54) is 21.6 Å². The Kier molecular flexibility index (Phi) is 18.2. The van der Waals surface area contributed by atoms with E-state index < -0.39 is 37.5 Å². The second kappa shape index (κ2) is 19.7. The Morgan fingerprint density at radius 1 is 0.600 bits per heavy atom. The quantitative estimate of drug-likeness (QED) is 0.127. The molecule has 0 aliphatic rings. The molecule has 0 unspecified atom stereocenters. The van der Waals surface area contributed by atoms with Crippen LogP contribution in [0.25, 0.3) is 0 Å². The number of Topliss-reactive ketones (excluding diaryl/α,β-unsaturated/α-hetero) is 1. The minimum atomic E-state index is -1.38. The molecule has 0 atom stereocenters. The minimum absolute atomic E-state index is 0.0475. The molecular formula is C22H38N5O8-3. The lowest BCUT2D eigenvalue weighted by Gasteiger charge is -2.30. The predicted octanol–water partition coefficient (Wildman–Crippen LogP) is -5.37. The number of amides is 1. The summed E-state index contributed by atoms with van der Waals surface area (Å²) >= 11 is 0. The van der Waals surface area contributed by atoms with Gasteiger partial charge in [0.2, 0.25) is 5.91 Å². The molecule has 0 radical (unpaired) electrons. The van der Waals surface area contributed by atoms with Crippen molar-refractivity contribution >= 4 is 29.6 Å². The second-order valence-electron chi connectivity index (χ2n) is 8.38. The lowest BCUT2D eigenvalue weighted by molar-refractivity contribution is -0.308. The smallest absolute Gasteiger partial charge is 0.234 e. The number of aliphatic carboxylic acids is 3. The largest absolute Gasteiger partial charge is 0.549 e. The summed E-state index contributed by atoms with van der Waals surface area (Å²) in [5, 5.41) is 38.9. The average molecular weight is 501 g/mol. The van der Waals surface area contributed by atoms with Crippen molar-refractivity contribution in [3.05, 3.63) is 0 Å². The van der Waals surface area contributed by atoms with Gasteiger partial charge in [-0.15, -0.1) is 0 Å². The summed E-state index contributed by atoms with van der Waals surface area (Å²) in [4.78, 5) is 60.8. The van der Waals surface area contributed by atoms with E-state index in [0.717, 1.165) is 32.2 Å². The number of ketones is 1. The van der Waals surface area contributed by atoms with Crippen molar-refractivity contribution in [3.8, 4) is 0 Å². The fourth-order valence-electron chi connectivity index (χ4n) is 3.39. The maximum absolute atomic E-state index is 12.2. The van der Waals surface area contributed by atoms with Gasteiger partial charge in [-0.25, -0.2) is 0 Å². The molecule has 0 saturated carbocycles. The van der Waals surface area contributed by atoms with Gasteiger partial charge in [0.05, 0.1) is 31.0 Å². The SMILES string of the molecule is CNCCCCCCNC(=O)CN(CCN(CCN(CC(C)=O)CC(=O)[O-])CC(=O)[O-])CC(=O)[O-]. The van der Waals surface area contributed by atoms with E-state index in [9.17, 15) is 39.3 Å². The van der Waals surface area contributed by atoms with E-state index in [-0.39, 0.29) is 51.0 Å². The summed E-state index contributed by atoms with van der Waals surface area (Å²) in [7, 11) is 1.89. The summed E-state index contributed by atoms with van der Waals surface area (Å²) in [6, 6.07) is 0. The molecule has 0 aliphatic heterocycles. The Bertz CT molecular complexity index is 660. The molecule has 0 aliphatic carbocycles. The van der Waals surface area contributed by atoms with Gasteiger partial charge in [-0.1, -0.05) is 12.8 Å². The number of nitrogens with zero attached hydrogens (tertiary/aromatic N) is 3. The Morgan fingerprint density at radius 2 is 1.03 bits per heavy atom. The van der Waals surface area contributed by atoms with Crippen LogP contribution in [-0.2, 0) is 24.0 Å². The van der Waals surface area contributed by atoms with Gasteiger partial charge in [-0.2, -0.15) is 0 Å². The van der Waals surface area contributed by atoms with Gasteiger partial charge in [0.15, 0.2) is 0 Å². The van der Waals surface area contributed by atoms with Crippen LogP contribution in [-0.4, -0.2) is 123 Å². The third-order valence-corrected chi connectivity index (χ3v) is 5.01. The Labute approximate surface area is 206 Å². The molecule has 0 aromatic rings. The van der Waals surface area contributed by atoms with E-state index in [2.05, 4.69) is 10.6 Å². The van der Waals surface area contributed by atoms with Crippen molar-refractivity contribution in [3.63, 3.8) is 0 Å². The highest BCUT2D eigenvalue weighted by molar-refractivity contribution is 5.79. The number of hydrogen-bond donors (Lipinski definition) is 2. The summed E-state index contributed by atoms with van der Waals surface area (Å²) < 4.78 is 0. The van der Waals surface area contributed by atoms with Crippen LogP contribution in [0.4, 0.5) is 0 Å². The molecule has 35 heavy (non-hydrogen) atoms. The van der Waals surface area contributed by atoms with Gasteiger partial charge < -0.3 is 40.3 Å². The van der Waals surface area contributed by atoms with Crippen LogP contribution < -0.4 is 26.0 Å². The van der Waals surface area contributed by atoms with Gasteiger partial charge in [0.25, 0.3) is 0 Å². The molecule has 2 N–H and O–H groups in total. The van der Waals surface area contributed by atoms with Gasteiger partial charge in [-0.3, -0.25) is 24.3 Å². The highest BCUT2D eigenvalue weighted by Gasteiger charge is 2.15. The molecule has 0 aromatic heterocycles. The van der Waals surface area contributed by atoms with Gasteiger partial charge in [0, 0.05) is 52.4 Å². The molecule has 0 rings (SSSR count). The Hall–Kier alpha value is -2.61. The van der Waals surface area contributed by atoms with Crippen LogP contribution in [0.2, 0.25) is 0 Å². The Balaban J connectivity index is 4.76. The maximum Gasteiger partial charge on any atom is 0.234 e. The molecule has 13 heteroatoms. The van der Waals surface area contributed by atoms with Gasteiger partial charge in [-0.05, 0) is 33.4 Å². The summed E-state index contributed by atoms with van der Waals surface area (Å²) in [6.45, 7) is 1.13. The van der Waals surface area contributed by atoms with E-state index in [1.807, 2.05) is 7.05 Å². The topological polar surface area (TPSA) is 188 Å². The molecular weight excluding hydrogens is 462 g/mol. The molecule has 0 bridgehead atoms. The van der Waals surface area contributed by atoms with E-state index >= 15 is 0 Å². The molecule has 0 heterocycles. The molecule has 0 saturated heterocycles. The zero-order valence-corrected chi connectivity index (χ0v) is 20.7. The third kappa shape index (κ3) is 20.5. The first-order valence-corrected chi connectivity index (χ1v) is 11.7. The maximum atomic E-state index is 12.2. The van der Waals surface area contributed by atoms with Gasteiger partial charge >= 0.3 is 0 Å². The number of hydrogen-bond acceptors (Lipinski definition) is 12. The predicted molar refractivity (Wildman–Crippen MR) is 120 cm³/mol. The second-order valence-corrected chi connectivity index (χ2v) is 8.38. The summed E-state index contributed by atoms with van der Waals surface area (Å²) in [6.07, 6.45) is 3.85. The van der Waals surface area contributed by atoms with Crippen LogP contribution in [0.5, 0.6) is 0 Å². The number of carboxylic acid groups (broad SMARTS) is 3. The highest BCUT2D eigenvalue weighted by Crippen LogP contribution is 1.99. The molecule has 202 valence electrons. The molecule has 0 spiro atoms. The van der Waals surface area contributed by atoms with E-state index in [4.69, 9.17) is 0 Å². The number of carbonyl (C=O) groups excluding carboxylic acids is 5. The van der Waals surface area contributed by atoms with Crippen molar-refractivity contribution in [2.45, 2.75) is 32.6 Å². The number of rotatable bonds is 23. The van der Waals surface area contributed by atoms with Crippen LogP contribution in [0, 0.1) is 0 Å². The lowest BCUT2D eigenvalue weighted by Crippen LogP contribution is -2.49. The first-order chi connectivity index (χ1) is 16.5. The van der Waals surface area contributed by atoms with Gasteiger partial charge in [0.1, 0.15) is 5.78 Å². The normalized spacial score (nSPS) is 11.2. The first kappa shape index (κ1) is 32.4. The van der Waals surface area contributed by atoms with Crippen LogP contribution >= 0.6 is 0 Å². The molecule has 0 aromatic carbocycles. The molecule has 0 fully saturated rings. The molecule has 13 nitrogen and oxygen atoms in total. The number of carboxylic acids is 3. The number of carbonyl (C=O) groups is 5. The third-order valence-electron chi connectivity index (χ3n) is 5.01. The fourth-order valence-corrected chi connectivity index (χ4v) is 3.39. The van der Waals surface area contributed by atoms with Crippen LogP contribution in [0.15, 0.2) is 0 Å². The molecule has 1 amide bonds. The zero-order valence-electron chi connectivity index (χ0n) is 20.7. The highest BCUT2D eigenvalue weighted by atomic mass is 16.4. The standard InChI is InChI=1S/C22H41N5O8/c1-18(28)13-26(16-21(32)33)11-9-25(15-20(30)31)10-12-27(17-22(34)35)14-19(29)24-8-6-4-3-5-7-23-2/h23H,3-17H2,1-2H3,(H,24,29)(H,30,31)(H,32,33)(H,34,35)/p-3. The average Bonchev–Trinajstić information content (AvgIpc) is 2.73. The van der Waals surface area contributed by atoms with Crippen molar-refractivity contribution in [1.82, 2.24) is 25.3 Å². The summed E-state index contributed by atoms with van der Waals surface area (Å²) in [5.41, 5.74) is 0. The fraction of sp³-hybridized carbons (Fsp3) is 0.773. The zero-order chi connectivity index (χ0) is 26.6. The lowest BCUT2D eigenvalue weighted by atomic mass is 10.2. The van der Waals surface area contributed by atoms with E-state index in [0.29, 0.717) is 6.54 Å². The monoisotopic (exact) mass is 500 g/mol. The number of nitrogens with one attached hydrogen (secondary N) is 2. The van der Waals surface area contributed by atoms with Crippen molar-refractivity contribution in [1.29, 1.82) is 0 Å². The van der Waals surface area contributed by atoms with E-state index in [1.54, 1.807) is 0 Å². The van der Waals surface area contributed by atoms with Crippen molar-refractivity contribution < 1.29 is 39.3 Å².